The summed E-state index contributed by atoms with van der Waals surface area (Å²) in [5.74, 6) is 1.42. The second kappa shape index (κ2) is 6.86. The maximum absolute atomic E-state index is 10.0. The van der Waals surface area contributed by atoms with Gasteiger partial charge in [0.2, 0.25) is 0 Å². The van der Waals surface area contributed by atoms with Gasteiger partial charge in [0.15, 0.2) is 11.6 Å². The van der Waals surface area contributed by atoms with Crippen LogP contribution in [0.4, 0.5) is 11.5 Å². The number of fused-ring (bicyclic) bond motifs is 1. The summed E-state index contributed by atoms with van der Waals surface area (Å²) in [6.07, 6.45) is 2.15. The smallest absolute Gasteiger partial charge is 0.174 e. The van der Waals surface area contributed by atoms with Gasteiger partial charge < -0.3 is 14.9 Å². The molecule has 0 aliphatic heterocycles. The van der Waals surface area contributed by atoms with Gasteiger partial charge in [-0.15, -0.1) is 0 Å². The first-order valence-corrected chi connectivity index (χ1v) is 9.53. The Morgan fingerprint density at radius 2 is 1.89 bits per heavy atom. The van der Waals surface area contributed by atoms with E-state index in [0.717, 1.165) is 29.9 Å². The Kier molecular flexibility index (Phi) is 4.52. The molecule has 1 aliphatic carbocycles. The third-order valence-corrected chi connectivity index (χ3v) is 5.27. The number of aryl methyl sites for hydroxylation is 1. The molecule has 2 aromatic carbocycles. The van der Waals surface area contributed by atoms with Gasteiger partial charge in [0.05, 0.1) is 6.10 Å². The summed E-state index contributed by atoms with van der Waals surface area (Å²) in [6, 6.07) is 16.6. The van der Waals surface area contributed by atoms with Gasteiger partial charge in [-0.25, -0.2) is 0 Å². The molecule has 0 radical (unpaired) electrons. The zero-order valence-corrected chi connectivity index (χ0v) is 16.1. The largest absolute Gasteiger partial charge is 0.393 e. The molecule has 4 rings (SSSR count). The summed E-state index contributed by atoms with van der Waals surface area (Å²) in [4.78, 5) is 0. The van der Waals surface area contributed by atoms with Gasteiger partial charge in [-0.2, -0.15) is 0 Å². The van der Waals surface area contributed by atoms with Crippen molar-refractivity contribution in [2.75, 3.05) is 5.32 Å². The van der Waals surface area contributed by atoms with E-state index in [4.69, 9.17) is 4.52 Å². The number of benzene rings is 2. The van der Waals surface area contributed by atoms with Crippen LogP contribution >= 0.6 is 0 Å². The molecule has 1 aromatic heterocycles. The molecule has 0 amide bonds. The summed E-state index contributed by atoms with van der Waals surface area (Å²) in [7, 11) is 0. The highest BCUT2D eigenvalue weighted by atomic mass is 16.5. The average molecular weight is 362 g/mol. The number of nitrogens with one attached hydrogen (secondary N) is 1. The molecule has 3 aromatic rings. The zero-order chi connectivity index (χ0) is 19.0. The number of anilines is 2. The molecule has 1 heterocycles. The molecule has 0 unspecified atom stereocenters. The molecule has 2 N–H and O–H groups in total. The number of aliphatic hydroxyl groups is 1. The molecular formula is C23H26N2O2. The highest BCUT2D eigenvalue weighted by molar-refractivity contribution is 5.67. The van der Waals surface area contributed by atoms with Gasteiger partial charge in [0.1, 0.15) is 0 Å². The first kappa shape index (κ1) is 17.8. The third kappa shape index (κ3) is 3.76. The minimum atomic E-state index is -0.269. The maximum Gasteiger partial charge on any atom is 0.174 e. The fraction of sp³-hybridized carbons (Fsp3) is 0.348. The monoisotopic (exact) mass is 362 g/mol. The van der Waals surface area contributed by atoms with Crippen LogP contribution in [-0.2, 0) is 18.3 Å². The molecule has 0 bridgehead atoms. The molecular weight excluding hydrogens is 336 g/mol. The Bertz CT molecular complexity index is 936. The van der Waals surface area contributed by atoms with E-state index in [2.05, 4.69) is 61.6 Å². The maximum atomic E-state index is 10.0. The van der Waals surface area contributed by atoms with E-state index in [1.54, 1.807) is 0 Å². The highest BCUT2D eigenvalue weighted by Crippen LogP contribution is 2.32. The van der Waals surface area contributed by atoms with E-state index in [-0.39, 0.29) is 11.5 Å². The number of hydrogen-bond donors (Lipinski definition) is 2. The lowest BCUT2D eigenvalue weighted by atomic mass is 9.86. The van der Waals surface area contributed by atoms with E-state index >= 15 is 0 Å². The molecule has 0 fully saturated rings. The van der Waals surface area contributed by atoms with Crippen LogP contribution < -0.4 is 5.32 Å². The van der Waals surface area contributed by atoms with E-state index in [0.29, 0.717) is 12.2 Å². The normalized spacial score (nSPS) is 16.8. The predicted molar refractivity (Wildman–Crippen MR) is 108 cm³/mol. The predicted octanol–water partition coefficient (Wildman–Crippen LogP) is 5.23. The molecule has 0 saturated heterocycles. The van der Waals surface area contributed by atoms with Crippen LogP contribution in [0.25, 0.3) is 11.3 Å². The quantitative estimate of drug-likeness (QED) is 0.669. The second-order valence-electron chi connectivity index (χ2n) is 8.37. The van der Waals surface area contributed by atoms with Gasteiger partial charge in [-0.1, -0.05) is 62.3 Å². The number of hydrogen-bond acceptors (Lipinski definition) is 4. The summed E-state index contributed by atoms with van der Waals surface area (Å²) in [5.41, 5.74) is 5.90. The lowest BCUT2D eigenvalue weighted by molar-refractivity contribution is 0.159. The molecule has 27 heavy (non-hydrogen) atoms. The first-order valence-electron chi connectivity index (χ1n) is 9.53. The van der Waals surface area contributed by atoms with E-state index in [1.165, 1.54) is 16.7 Å². The van der Waals surface area contributed by atoms with Gasteiger partial charge in [0, 0.05) is 23.7 Å². The van der Waals surface area contributed by atoms with Crippen molar-refractivity contribution >= 4 is 11.5 Å². The molecule has 0 spiro atoms. The van der Waals surface area contributed by atoms with Crippen molar-refractivity contribution < 1.29 is 9.63 Å². The van der Waals surface area contributed by atoms with Gasteiger partial charge in [0.25, 0.3) is 0 Å². The van der Waals surface area contributed by atoms with Gasteiger partial charge >= 0.3 is 0 Å². The summed E-state index contributed by atoms with van der Waals surface area (Å²) < 4.78 is 5.55. The zero-order valence-electron chi connectivity index (χ0n) is 16.1. The SMILES string of the molecule is CC(C)(C)c1ccc(-c2cc(Nc3cccc4c3C[C@@H](O)CC4)no2)cc1. The van der Waals surface area contributed by atoms with Crippen LogP contribution in [0.2, 0.25) is 0 Å². The summed E-state index contributed by atoms with van der Waals surface area (Å²) in [6.45, 7) is 6.61. The highest BCUT2D eigenvalue weighted by Gasteiger charge is 2.20. The van der Waals surface area contributed by atoms with Crippen molar-refractivity contribution in [1.82, 2.24) is 5.16 Å². The first-order chi connectivity index (χ1) is 12.9. The van der Waals surface area contributed by atoms with E-state index < -0.39 is 0 Å². The number of aromatic nitrogens is 1. The fourth-order valence-electron chi connectivity index (χ4n) is 3.63. The molecule has 4 nitrogen and oxygen atoms in total. The van der Waals surface area contributed by atoms with Crippen molar-refractivity contribution in [3.8, 4) is 11.3 Å². The lowest BCUT2D eigenvalue weighted by Gasteiger charge is -2.23. The Labute approximate surface area is 160 Å². The van der Waals surface area contributed by atoms with Crippen LogP contribution in [0.3, 0.4) is 0 Å². The minimum Gasteiger partial charge on any atom is -0.393 e. The van der Waals surface area contributed by atoms with Crippen LogP contribution in [0, 0.1) is 0 Å². The molecule has 4 heteroatoms. The fourth-order valence-corrected chi connectivity index (χ4v) is 3.63. The van der Waals surface area contributed by atoms with Crippen LogP contribution in [0.15, 0.2) is 53.1 Å². The molecule has 1 atom stereocenters. The van der Waals surface area contributed by atoms with Gasteiger partial charge in [-0.05, 0) is 41.0 Å². The van der Waals surface area contributed by atoms with Crippen LogP contribution in [0.1, 0.15) is 43.9 Å². The standard InChI is InChI=1S/C23H26N2O2/c1-23(2,3)17-10-7-16(8-11-17)21-14-22(25-27-21)24-20-6-4-5-15-9-12-18(26)13-19(15)20/h4-8,10-11,14,18,26H,9,12-13H2,1-3H3,(H,24,25)/t18-/m0/s1. The third-order valence-electron chi connectivity index (χ3n) is 5.27. The van der Waals surface area contributed by atoms with E-state index in [1.807, 2.05) is 18.2 Å². The second-order valence-corrected chi connectivity index (χ2v) is 8.37. The van der Waals surface area contributed by atoms with Crippen molar-refractivity contribution in [3.63, 3.8) is 0 Å². The lowest BCUT2D eigenvalue weighted by Crippen LogP contribution is -2.19. The Morgan fingerprint density at radius 1 is 1.11 bits per heavy atom. The van der Waals surface area contributed by atoms with Crippen LogP contribution in [0.5, 0.6) is 0 Å². The van der Waals surface area contributed by atoms with Crippen molar-refractivity contribution in [3.05, 3.63) is 65.2 Å². The molecule has 1 aliphatic rings. The molecule has 0 saturated carbocycles. The van der Waals surface area contributed by atoms with Gasteiger partial charge in [-0.3, -0.25) is 0 Å². The topological polar surface area (TPSA) is 58.3 Å². The summed E-state index contributed by atoms with van der Waals surface area (Å²) >= 11 is 0. The molecule has 140 valence electrons. The van der Waals surface area contributed by atoms with E-state index in [9.17, 15) is 5.11 Å². The van der Waals surface area contributed by atoms with Crippen molar-refractivity contribution in [1.29, 1.82) is 0 Å². The Hall–Kier alpha value is -2.59. The average Bonchev–Trinajstić information content (AvgIpc) is 3.10. The van der Waals surface area contributed by atoms with Crippen molar-refractivity contribution in [2.45, 2.75) is 51.6 Å². The Balaban J connectivity index is 1.56. The number of rotatable bonds is 3. The minimum absolute atomic E-state index is 0.129. The number of aliphatic hydroxyl groups excluding tert-OH is 1. The number of nitrogens with zero attached hydrogens (tertiary/aromatic N) is 1. The van der Waals surface area contributed by atoms with Crippen LogP contribution in [-0.4, -0.2) is 16.4 Å². The summed E-state index contributed by atoms with van der Waals surface area (Å²) in [5, 5.41) is 17.6. The Morgan fingerprint density at radius 3 is 2.63 bits per heavy atom. The van der Waals surface area contributed by atoms with Crippen molar-refractivity contribution in [2.24, 2.45) is 0 Å².